The third kappa shape index (κ3) is 10.2. The van der Waals surface area contributed by atoms with E-state index in [9.17, 15) is 0 Å². The smallest absolute Gasteiger partial charge is 0.0754 e. The van der Waals surface area contributed by atoms with Gasteiger partial charge in [0.2, 0.25) is 0 Å². The second kappa shape index (κ2) is 11.7. The van der Waals surface area contributed by atoms with Gasteiger partial charge in [0.1, 0.15) is 0 Å². The topological polar surface area (TPSA) is 52.5 Å². The lowest BCUT2D eigenvalue weighted by molar-refractivity contribution is 0.188. The van der Waals surface area contributed by atoms with Crippen LogP contribution in [-0.4, -0.2) is 58.5 Å². The molecule has 3 N–H and O–H groups in total. The Hall–Kier alpha value is 0.580. The average molecular weight is 281 g/mol. The van der Waals surface area contributed by atoms with Crippen LogP contribution >= 0.6 is 23.5 Å². The van der Waals surface area contributed by atoms with Crippen molar-refractivity contribution in [3.63, 3.8) is 0 Å². The van der Waals surface area contributed by atoms with Crippen molar-refractivity contribution in [3.05, 3.63) is 0 Å². The third-order valence-corrected chi connectivity index (χ3v) is 4.81. The van der Waals surface area contributed by atoms with Crippen LogP contribution in [0, 0.1) is 0 Å². The van der Waals surface area contributed by atoms with Gasteiger partial charge >= 0.3 is 0 Å². The normalized spacial score (nSPS) is 30.0. The highest BCUT2D eigenvalue weighted by Gasteiger charge is 2.07. The van der Waals surface area contributed by atoms with E-state index in [1.807, 2.05) is 23.5 Å². The molecule has 2 aliphatic heterocycles. The summed E-state index contributed by atoms with van der Waals surface area (Å²) in [6, 6.07) is 0. The second-order valence-electron chi connectivity index (χ2n) is 4.16. The Morgan fingerprint density at radius 2 is 1.65 bits per heavy atom. The first-order chi connectivity index (χ1) is 7.79. The fraction of sp³-hybridized carbons (Fsp3) is 1.00. The zero-order valence-corrected chi connectivity index (χ0v) is 11.4. The molecule has 2 saturated heterocycles. The van der Waals surface area contributed by atoms with Crippen LogP contribution in [-0.2, 0) is 0 Å². The minimum Gasteiger partial charge on any atom is -0.392 e. The standard InChI is InChI=1S/C6H12OS.C5H11NOS.CH4/c7-6-3-1-2-4-8-5-6;7-5-3-6-1-2-8-4-5;/h6-7H,1-5H2;5-7H,1-4H2;1H4. The van der Waals surface area contributed by atoms with Crippen LogP contribution in [0.5, 0.6) is 0 Å². The fourth-order valence-electron chi connectivity index (χ4n) is 1.58. The highest BCUT2D eigenvalue weighted by Crippen LogP contribution is 2.15. The van der Waals surface area contributed by atoms with Gasteiger partial charge in [-0.15, -0.1) is 0 Å². The van der Waals surface area contributed by atoms with Crippen molar-refractivity contribution in [2.45, 2.75) is 38.9 Å². The van der Waals surface area contributed by atoms with E-state index in [-0.39, 0.29) is 19.6 Å². The molecule has 2 fully saturated rings. The molecule has 2 atom stereocenters. The molecular weight excluding hydrogens is 254 g/mol. The van der Waals surface area contributed by atoms with Crippen LogP contribution in [0.2, 0.25) is 0 Å². The fourth-order valence-corrected chi connectivity index (χ4v) is 3.44. The number of aliphatic hydroxyl groups excluding tert-OH is 2. The highest BCUT2D eigenvalue weighted by atomic mass is 32.2. The molecule has 5 heteroatoms. The van der Waals surface area contributed by atoms with Gasteiger partial charge in [-0.05, 0) is 18.6 Å². The molecule has 0 aliphatic carbocycles. The van der Waals surface area contributed by atoms with Gasteiger partial charge in [0.25, 0.3) is 0 Å². The van der Waals surface area contributed by atoms with Crippen molar-refractivity contribution >= 4 is 23.5 Å². The quantitative estimate of drug-likeness (QED) is 0.629. The lowest BCUT2D eigenvalue weighted by atomic mass is 10.2. The van der Waals surface area contributed by atoms with E-state index in [1.165, 1.54) is 18.6 Å². The first-order valence-corrected chi connectivity index (χ1v) is 8.32. The Bertz CT molecular complexity index is 139. The van der Waals surface area contributed by atoms with E-state index in [4.69, 9.17) is 10.2 Å². The van der Waals surface area contributed by atoms with Crippen LogP contribution in [0.25, 0.3) is 0 Å². The van der Waals surface area contributed by atoms with E-state index >= 15 is 0 Å². The summed E-state index contributed by atoms with van der Waals surface area (Å²) in [5.41, 5.74) is 0. The predicted molar refractivity (Wildman–Crippen MR) is 80.1 cm³/mol. The molecule has 2 unspecified atom stereocenters. The number of β-amino-alcohol motifs (C(OH)–C–C–N with tert-alkyl or cyclic N) is 1. The van der Waals surface area contributed by atoms with Crippen molar-refractivity contribution in [2.75, 3.05) is 36.1 Å². The Kier molecular flexibility index (Phi) is 12.1. The predicted octanol–water partition coefficient (Wildman–Crippen LogP) is 1.58. The van der Waals surface area contributed by atoms with E-state index in [1.54, 1.807) is 0 Å². The molecule has 2 heterocycles. The van der Waals surface area contributed by atoms with Crippen LogP contribution in [0.1, 0.15) is 26.7 Å². The summed E-state index contributed by atoms with van der Waals surface area (Å²) in [5, 5.41) is 21.2. The van der Waals surface area contributed by atoms with Gasteiger partial charge in [-0.1, -0.05) is 13.8 Å². The lowest BCUT2D eigenvalue weighted by Gasteiger charge is -2.02. The van der Waals surface area contributed by atoms with E-state index in [2.05, 4.69) is 5.32 Å². The van der Waals surface area contributed by atoms with Crippen molar-refractivity contribution in [1.29, 1.82) is 0 Å². The largest absolute Gasteiger partial charge is 0.392 e. The lowest BCUT2D eigenvalue weighted by Crippen LogP contribution is -2.26. The number of aliphatic hydroxyl groups is 2. The minimum absolute atomic E-state index is 0. The maximum atomic E-state index is 9.07. The molecule has 0 saturated carbocycles. The number of hydrogen-bond donors (Lipinski definition) is 3. The summed E-state index contributed by atoms with van der Waals surface area (Å²) in [6.45, 7) is 1.81. The molecule has 0 radical (unpaired) electrons. The molecule has 2 rings (SSSR count). The first-order valence-electron chi connectivity index (χ1n) is 6.01. The summed E-state index contributed by atoms with van der Waals surface area (Å²) >= 11 is 3.69. The van der Waals surface area contributed by atoms with Crippen molar-refractivity contribution in [3.8, 4) is 0 Å². The monoisotopic (exact) mass is 281 g/mol. The molecule has 2 aliphatic rings. The molecular formula is C12H27NO2S2. The zero-order valence-electron chi connectivity index (χ0n) is 9.73. The average Bonchev–Trinajstić information content (AvgIpc) is 2.64. The summed E-state index contributed by atoms with van der Waals surface area (Å²) < 4.78 is 0. The van der Waals surface area contributed by atoms with Crippen LogP contribution in [0.3, 0.4) is 0 Å². The summed E-state index contributed by atoms with van der Waals surface area (Å²) in [5.74, 6) is 4.24. The molecule has 104 valence electrons. The minimum atomic E-state index is -0.123. The number of hydrogen-bond acceptors (Lipinski definition) is 5. The third-order valence-electron chi connectivity index (χ3n) is 2.50. The van der Waals surface area contributed by atoms with E-state index in [0.29, 0.717) is 0 Å². The molecule has 0 spiro atoms. The Morgan fingerprint density at radius 1 is 0.941 bits per heavy atom. The molecule has 0 aromatic heterocycles. The van der Waals surface area contributed by atoms with Gasteiger partial charge in [-0.25, -0.2) is 0 Å². The van der Waals surface area contributed by atoms with Gasteiger partial charge < -0.3 is 15.5 Å². The van der Waals surface area contributed by atoms with E-state index < -0.39 is 0 Å². The Labute approximate surface area is 114 Å². The molecule has 0 aromatic rings. The SMILES string of the molecule is C.OC1CCCCSC1.OC1CNCCSC1. The van der Waals surface area contributed by atoms with Gasteiger partial charge in [-0.2, -0.15) is 23.5 Å². The van der Waals surface area contributed by atoms with E-state index in [0.717, 1.165) is 36.8 Å². The number of thioether (sulfide) groups is 2. The van der Waals surface area contributed by atoms with Gasteiger partial charge in [0.05, 0.1) is 12.2 Å². The van der Waals surface area contributed by atoms with Crippen LogP contribution in [0.4, 0.5) is 0 Å². The highest BCUT2D eigenvalue weighted by molar-refractivity contribution is 7.99. The van der Waals surface area contributed by atoms with Gasteiger partial charge in [-0.3, -0.25) is 0 Å². The van der Waals surface area contributed by atoms with Crippen molar-refractivity contribution in [1.82, 2.24) is 5.32 Å². The molecule has 0 amide bonds. The summed E-state index contributed by atoms with van der Waals surface area (Å²) in [4.78, 5) is 0. The van der Waals surface area contributed by atoms with Gasteiger partial charge in [0, 0.05) is 30.3 Å². The number of nitrogens with one attached hydrogen (secondary N) is 1. The molecule has 0 bridgehead atoms. The maximum absolute atomic E-state index is 9.07. The first kappa shape index (κ1) is 17.6. The zero-order chi connectivity index (χ0) is 11.6. The van der Waals surface area contributed by atoms with Crippen LogP contribution < -0.4 is 5.32 Å². The Morgan fingerprint density at radius 3 is 2.47 bits per heavy atom. The molecule has 3 nitrogen and oxygen atoms in total. The Balaban J connectivity index is 0.000000284. The van der Waals surface area contributed by atoms with Crippen LogP contribution in [0.15, 0.2) is 0 Å². The molecule has 17 heavy (non-hydrogen) atoms. The summed E-state index contributed by atoms with van der Waals surface area (Å²) in [6.07, 6.45) is 3.40. The van der Waals surface area contributed by atoms with Crippen molar-refractivity contribution in [2.24, 2.45) is 0 Å². The van der Waals surface area contributed by atoms with Gasteiger partial charge in [0.15, 0.2) is 0 Å². The number of rotatable bonds is 0. The molecule has 0 aromatic carbocycles. The maximum Gasteiger partial charge on any atom is 0.0754 e. The van der Waals surface area contributed by atoms with Crippen molar-refractivity contribution < 1.29 is 10.2 Å². The second-order valence-corrected chi connectivity index (χ2v) is 6.46. The summed E-state index contributed by atoms with van der Waals surface area (Å²) in [7, 11) is 0.